The molecular formula is C10H7F6NO. The van der Waals surface area contributed by atoms with Crippen molar-refractivity contribution in [1.29, 1.82) is 0 Å². The second kappa shape index (κ2) is 4.60. The molecule has 0 aliphatic heterocycles. The molecule has 1 rings (SSSR count). The summed E-state index contributed by atoms with van der Waals surface area (Å²) in [5, 5.41) is 0. The lowest BCUT2D eigenvalue weighted by Gasteiger charge is -2.17. The molecule has 0 fully saturated rings. The van der Waals surface area contributed by atoms with Crippen LogP contribution in [0.25, 0.3) is 0 Å². The average Bonchev–Trinajstić information content (AvgIpc) is 2.24. The molecule has 0 radical (unpaired) electrons. The maximum Gasteiger partial charge on any atom is 0.417 e. The number of rotatable bonds is 2. The van der Waals surface area contributed by atoms with Gasteiger partial charge in [0.1, 0.15) is 6.29 Å². The highest BCUT2D eigenvalue weighted by molar-refractivity contribution is 5.78. The van der Waals surface area contributed by atoms with Crippen molar-refractivity contribution < 1.29 is 31.1 Å². The normalized spacial score (nSPS) is 12.6. The molecule has 18 heavy (non-hydrogen) atoms. The van der Waals surface area contributed by atoms with Crippen LogP contribution in [0.15, 0.2) is 12.1 Å². The summed E-state index contributed by atoms with van der Waals surface area (Å²) in [5.74, 6) is 0. The average molecular weight is 271 g/mol. The van der Waals surface area contributed by atoms with Gasteiger partial charge in [0, 0.05) is 12.1 Å². The zero-order chi connectivity index (χ0) is 14.1. The number of carbonyl (C=O) groups is 1. The Kier molecular flexibility index (Phi) is 3.70. The van der Waals surface area contributed by atoms with Crippen molar-refractivity contribution in [2.45, 2.75) is 18.9 Å². The lowest BCUT2D eigenvalue weighted by molar-refractivity contribution is -0.162. The smallest absolute Gasteiger partial charge is 0.326 e. The van der Waals surface area contributed by atoms with E-state index in [0.717, 1.165) is 0 Å². The van der Waals surface area contributed by atoms with Crippen molar-refractivity contribution in [3.8, 4) is 0 Å². The van der Waals surface area contributed by atoms with Crippen molar-refractivity contribution in [2.24, 2.45) is 5.73 Å². The van der Waals surface area contributed by atoms with Crippen LogP contribution in [0.1, 0.15) is 27.0 Å². The molecule has 0 heterocycles. The van der Waals surface area contributed by atoms with Gasteiger partial charge in [0.15, 0.2) is 0 Å². The Morgan fingerprint density at radius 3 is 1.78 bits per heavy atom. The molecule has 2 N–H and O–H groups in total. The van der Waals surface area contributed by atoms with Crippen LogP contribution in [0.3, 0.4) is 0 Å². The van der Waals surface area contributed by atoms with E-state index in [1.54, 1.807) is 0 Å². The summed E-state index contributed by atoms with van der Waals surface area (Å²) in [4.78, 5) is 10.5. The molecule has 0 saturated heterocycles. The van der Waals surface area contributed by atoms with E-state index in [-0.39, 0.29) is 24.0 Å². The van der Waals surface area contributed by atoms with E-state index in [1.165, 1.54) is 0 Å². The summed E-state index contributed by atoms with van der Waals surface area (Å²) < 4.78 is 75.0. The van der Waals surface area contributed by atoms with E-state index in [1.807, 2.05) is 0 Å². The van der Waals surface area contributed by atoms with Gasteiger partial charge < -0.3 is 5.73 Å². The first-order valence-corrected chi connectivity index (χ1v) is 4.57. The van der Waals surface area contributed by atoms with Gasteiger partial charge in [-0.25, -0.2) is 0 Å². The van der Waals surface area contributed by atoms with Crippen LogP contribution in [-0.2, 0) is 18.9 Å². The van der Waals surface area contributed by atoms with E-state index < -0.39 is 35.6 Å². The van der Waals surface area contributed by atoms with Crippen molar-refractivity contribution in [3.63, 3.8) is 0 Å². The van der Waals surface area contributed by atoms with E-state index in [9.17, 15) is 31.1 Å². The Labute approximate surface area is 97.4 Å². The van der Waals surface area contributed by atoms with E-state index in [0.29, 0.717) is 0 Å². The van der Waals surface area contributed by atoms with Crippen LogP contribution in [0.2, 0.25) is 0 Å². The number of aldehydes is 1. The van der Waals surface area contributed by atoms with E-state index in [2.05, 4.69) is 0 Å². The van der Waals surface area contributed by atoms with Crippen LogP contribution >= 0.6 is 0 Å². The summed E-state index contributed by atoms with van der Waals surface area (Å²) in [7, 11) is 0. The fraction of sp³-hybridized carbons (Fsp3) is 0.300. The molecule has 100 valence electrons. The molecule has 1 aromatic rings. The number of carbonyl (C=O) groups excluding carboxylic acids is 1. The Balaban J connectivity index is 3.62. The predicted molar refractivity (Wildman–Crippen MR) is 49.7 cm³/mol. The van der Waals surface area contributed by atoms with Gasteiger partial charge in [0.2, 0.25) is 0 Å². The minimum Gasteiger partial charge on any atom is -0.326 e. The van der Waals surface area contributed by atoms with E-state index in [4.69, 9.17) is 5.73 Å². The Morgan fingerprint density at radius 1 is 1.00 bits per heavy atom. The highest BCUT2D eigenvalue weighted by Crippen LogP contribution is 2.41. The van der Waals surface area contributed by atoms with Crippen LogP contribution in [0.5, 0.6) is 0 Å². The fourth-order valence-corrected chi connectivity index (χ4v) is 1.42. The van der Waals surface area contributed by atoms with Gasteiger partial charge >= 0.3 is 12.4 Å². The van der Waals surface area contributed by atoms with Crippen LogP contribution in [0.4, 0.5) is 26.3 Å². The lowest BCUT2D eigenvalue weighted by atomic mass is 9.98. The number of alkyl halides is 6. The number of hydrogen-bond donors (Lipinski definition) is 1. The van der Waals surface area contributed by atoms with Crippen LogP contribution in [0, 0.1) is 0 Å². The molecule has 0 aromatic heterocycles. The van der Waals surface area contributed by atoms with E-state index >= 15 is 0 Å². The monoisotopic (exact) mass is 271 g/mol. The quantitative estimate of drug-likeness (QED) is 0.663. The highest BCUT2D eigenvalue weighted by Gasteiger charge is 2.43. The van der Waals surface area contributed by atoms with Crippen LogP contribution < -0.4 is 5.73 Å². The topological polar surface area (TPSA) is 43.1 Å². The molecule has 0 unspecified atom stereocenters. The van der Waals surface area contributed by atoms with Gasteiger partial charge in [-0.2, -0.15) is 26.3 Å². The van der Waals surface area contributed by atoms with Crippen molar-refractivity contribution in [3.05, 3.63) is 34.4 Å². The molecule has 0 atom stereocenters. The second-order valence-electron chi connectivity index (χ2n) is 3.41. The predicted octanol–water partition coefficient (Wildman–Crippen LogP) is 3.00. The third kappa shape index (κ3) is 2.81. The molecule has 0 saturated carbocycles. The molecule has 0 spiro atoms. The van der Waals surface area contributed by atoms with Gasteiger partial charge in [-0.3, -0.25) is 4.79 Å². The Bertz CT molecular complexity index is 463. The first-order chi connectivity index (χ1) is 8.11. The maximum atomic E-state index is 12.5. The number of halogens is 6. The molecule has 8 heteroatoms. The Morgan fingerprint density at radius 2 is 1.44 bits per heavy atom. The van der Waals surface area contributed by atoms with Gasteiger partial charge in [-0.1, -0.05) is 0 Å². The summed E-state index contributed by atoms with van der Waals surface area (Å²) in [6.45, 7) is -0.463. The minimum absolute atomic E-state index is 0.0393. The molecule has 2 nitrogen and oxygen atoms in total. The summed E-state index contributed by atoms with van der Waals surface area (Å²) in [5.41, 5.74) is 0.561. The van der Waals surface area contributed by atoms with Gasteiger partial charge in [0.25, 0.3) is 0 Å². The summed E-state index contributed by atoms with van der Waals surface area (Å²) >= 11 is 0. The second-order valence-corrected chi connectivity index (χ2v) is 3.41. The molecule has 0 aliphatic rings. The molecule has 1 aromatic carbocycles. The fourth-order valence-electron chi connectivity index (χ4n) is 1.42. The maximum absolute atomic E-state index is 12.5. The standard InChI is InChI=1S/C10H7F6NO/c11-9(12,13)7-1-5(3-17)6(4-18)2-8(7)10(14,15)16/h1-2,4H,3,17H2. The van der Waals surface area contributed by atoms with Gasteiger partial charge in [-0.05, 0) is 17.7 Å². The minimum atomic E-state index is -5.20. The summed E-state index contributed by atoms with van der Waals surface area (Å²) in [6.07, 6.45) is -10.3. The molecule has 0 amide bonds. The molecular weight excluding hydrogens is 264 g/mol. The lowest BCUT2D eigenvalue weighted by Crippen LogP contribution is -2.18. The van der Waals surface area contributed by atoms with Crippen LogP contribution in [-0.4, -0.2) is 6.29 Å². The Hall–Kier alpha value is -1.57. The third-order valence-electron chi connectivity index (χ3n) is 2.24. The number of benzene rings is 1. The molecule has 0 bridgehead atoms. The third-order valence-corrected chi connectivity index (χ3v) is 2.24. The first-order valence-electron chi connectivity index (χ1n) is 4.57. The first kappa shape index (κ1) is 14.5. The summed E-state index contributed by atoms with van der Waals surface area (Å²) in [6, 6.07) is 0.421. The van der Waals surface area contributed by atoms with Crippen molar-refractivity contribution in [1.82, 2.24) is 0 Å². The largest absolute Gasteiger partial charge is 0.417 e. The van der Waals surface area contributed by atoms with Gasteiger partial charge in [-0.15, -0.1) is 0 Å². The van der Waals surface area contributed by atoms with Gasteiger partial charge in [0.05, 0.1) is 11.1 Å². The number of hydrogen-bond acceptors (Lipinski definition) is 2. The molecule has 0 aliphatic carbocycles. The van der Waals surface area contributed by atoms with Crippen molar-refractivity contribution in [2.75, 3.05) is 0 Å². The zero-order valence-electron chi connectivity index (χ0n) is 8.69. The van der Waals surface area contributed by atoms with Crippen molar-refractivity contribution >= 4 is 6.29 Å². The SMILES string of the molecule is NCc1cc(C(F)(F)F)c(C(F)(F)F)cc1C=O. The number of nitrogens with two attached hydrogens (primary N) is 1. The highest BCUT2D eigenvalue weighted by atomic mass is 19.4. The zero-order valence-corrected chi connectivity index (χ0v) is 8.69.